The normalized spacial score (nSPS) is 17.1. The second kappa shape index (κ2) is 8.37. The molecule has 1 saturated carbocycles. The molecule has 0 saturated heterocycles. The first-order chi connectivity index (χ1) is 10.6. The zero-order chi connectivity index (χ0) is 15.8. The van der Waals surface area contributed by atoms with Gasteiger partial charge in [-0.05, 0) is 31.4 Å². The maximum absolute atomic E-state index is 12.1. The summed E-state index contributed by atoms with van der Waals surface area (Å²) in [6.45, 7) is 1.71. The molecule has 0 aromatic heterocycles. The zero-order valence-corrected chi connectivity index (χ0v) is 13.0. The largest absolute Gasteiger partial charge is 0.352 e. The Labute approximate surface area is 132 Å². The summed E-state index contributed by atoms with van der Waals surface area (Å²) in [7, 11) is 0. The number of benzene rings is 1. The van der Waals surface area contributed by atoms with Crippen LogP contribution in [-0.2, 0) is 9.59 Å². The van der Waals surface area contributed by atoms with E-state index in [0.717, 1.165) is 18.4 Å². The first-order valence-electron chi connectivity index (χ1n) is 7.99. The van der Waals surface area contributed by atoms with Gasteiger partial charge in [0.05, 0.1) is 0 Å². The van der Waals surface area contributed by atoms with Gasteiger partial charge in [0.25, 0.3) is 0 Å². The van der Waals surface area contributed by atoms with Gasteiger partial charge in [-0.25, -0.2) is 0 Å². The minimum atomic E-state index is -0.519. The van der Waals surface area contributed by atoms with Crippen LogP contribution in [0.3, 0.4) is 0 Å². The van der Waals surface area contributed by atoms with Gasteiger partial charge in [0.1, 0.15) is 6.04 Å². The fourth-order valence-corrected chi connectivity index (χ4v) is 2.64. The van der Waals surface area contributed by atoms with E-state index in [2.05, 4.69) is 10.6 Å². The highest BCUT2D eigenvalue weighted by Gasteiger charge is 2.20. The van der Waals surface area contributed by atoms with Crippen LogP contribution >= 0.6 is 0 Å². The van der Waals surface area contributed by atoms with Crippen LogP contribution in [0.25, 0.3) is 6.08 Å². The summed E-state index contributed by atoms with van der Waals surface area (Å²) in [4.78, 5) is 23.9. The Kier molecular flexibility index (Phi) is 6.19. The van der Waals surface area contributed by atoms with Crippen molar-refractivity contribution in [3.63, 3.8) is 0 Å². The molecule has 2 N–H and O–H groups in total. The molecule has 0 bridgehead atoms. The lowest BCUT2D eigenvalue weighted by Crippen LogP contribution is -2.48. The predicted molar refractivity (Wildman–Crippen MR) is 88.1 cm³/mol. The summed E-state index contributed by atoms with van der Waals surface area (Å²) in [5, 5.41) is 5.72. The Balaban J connectivity index is 1.77. The van der Waals surface area contributed by atoms with Crippen LogP contribution < -0.4 is 10.6 Å². The fourth-order valence-electron chi connectivity index (χ4n) is 2.64. The van der Waals surface area contributed by atoms with E-state index in [-0.39, 0.29) is 17.9 Å². The molecule has 4 heteroatoms. The van der Waals surface area contributed by atoms with E-state index >= 15 is 0 Å². The molecular weight excluding hydrogens is 276 g/mol. The van der Waals surface area contributed by atoms with E-state index in [1.165, 1.54) is 25.3 Å². The standard InChI is InChI=1S/C18H24N2O2/c1-14(18(22)20-16-10-6-3-7-11-16)19-17(21)13-12-15-8-4-2-5-9-15/h2,4-5,8-9,12-14,16H,3,6-7,10-11H2,1H3,(H,19,21)(H,20,22)/b13-12+. The highest BCUT2D eigenvalue weighted by atomic mass is 16.2. The average Bonchev–Trinajstić information content (AvgIpc) is 2.55. The van der Waals surface area contributed by atoms with Crippen LogP contribution in [0, 0.1) is 0 Å². The molecule has 1 aliphatic rings. The van der Waals surface area contributed by atoms with E-state index < -0.39 is 6.04 Å². The summed E-state index contributed by atoms with van der Waals surface area (Å²) in [5.41, 5.74) is 0.956. The van der Waals surface area contributed by atoms with E-state index in [1.54, 1.807) is 13.0 Å². The monoisotopic (exact) mass is 300 g/mol. The quantitative estimate of drug-likeness (QED) is 0.821. The molecular formula is C18H24N2O2. The number of carbonyl (C=O) groups is 2. The van der Waals surface area contributed by atoms with E-state index in [9.17, 15) is 9.59 Å². The third-order valence-corrected chi connectivity index (χ3v) is 3.93. The third-order valence-electron chi connectivity index (χ3n) is 3.93. The number of nitrogens with one attached hydrogen (secondary N) is 2. The van der Waals surface area contributed by atoms with Crippen molar-refractivity contribution in [3.05, 3.63) is 42.0 Å². The Hall–Kier alpha value is -2.10. The van der Waals surface area contributed by atoms with E-state index in [0.29, 0.717) is 0 Å². The molecule has 0 aliphatic heterocycles. The van der Waals surface area contributed by atoms with Crippen molar-refractivity contribution < 1.29 is 9.59 Å². The number of hydrogen-bond acceptors (Lipinski definition) is 2. The Morgan fingerprint density at radius 3 is 2.50 bits per heavy atom. The lowest BCUT2D eigenvalue weighted by Gasteiger charge is -2.24. The Bertz CT molecular complexity index is 519. The number of hydrogen-bond donors (Lipinski definition) is 2. The molecule has 2 amide bonds. The zero-order valence-electron chi connectivity index (χ0n) is 13.0. The number of rotatable bonds is 5. The SMILES string of the molecule is CC(NC(=O)/C=C/c1ccccc1)C(=O)NC1CCCCC1. The summed E-state index contributed by atoms with van der Waals surface area (Å²) < 4.78 is 0. The van der Waals surface area contributed by atoms with Crippen LogP contribution in [0.15, 0.2) is 36.4 Å². The lowest BCUT2D eigenvalue weighted by atomic mass is 9.95. The molecule has 22 heavy (non-hydrogen) atoms. The van der Waals surface area contributed by atoms with Gasteiger partial charge in [-0.1, -0.05) is 49.6 Å². The Morgan fingerprint density at radius 2 is 1.82 bits per heavy atom. The molecule has 4 nitrogen and oxygen atoms in total. The van der Waals surface area contributed by atoms with Crippen molar-refractivity contribution >= 4 is 17.9 Å². The molecule has 118 valence electrons. The minimum Gasteiger partial charge on any atom is -0.352 e. The van der Waals surface area contributed by atoms with Crippen LogP contribution in [0.1, 0.15) is 44.6 Å². The maximum Gasteiger partial charge on any atom is 0.244 e. The molecule has 1 aromatic carbocycles. The first-order valence-corrected chi connectivity index (χ1v) is 7.99. The van der Waals surface area contributed by atoms with Gasteiger partial charge in [0.2, 0.25) is 11.8 Å². The summed E-state index contributed by atoms with van der Waals surface area (Å²) in [6, 6.07) is 9.34. The van der Waals surface area contributed by atoms with Gasteiger partial charge in [-0.15, -0.1) is 0 Å². The number of amides is 2. The molecule has 1 fully saturated rings. The van der Waals surface area contributed by atoms with Crippen molar-refractivity contribution in [1.82, 2.24) is 10.6 Å². The molecule has 1 unspecified atom stereocenters. The van der Waals surface area contributed by atoms with Crippen molar-refractivity contribution in [2.45, 2.75) is 51.1 Å². The van der Waals surface area contributed by atoms with Crippen LogP contribution in [-0.4, -0.2) is 23.9 Å². The molecule has 1 atom stereocenters. The summed E-state index contributed by atoms with van der Waals surface area (Å²) in [6.07, 6.45) is 8.88. The molecule has 0 heterocycles. The second-order valence-electron chi connectivity index (χ2n) is 5.82. The van der Waals surface area contributed by atoms with Crippen molar-refractivity contribution in [2.24, 2.45) is 0 Å². The van der Waals surface area contributed by atoms with Gasteiger partial charge < -0.3 is 10.6 Å². The highest BCUT2D eigenvalue weighted by Crippen LogP contribution is 2.17. The number of carbonyl (C=O) groups excluding carboxylic acids is 2. The first kappa shape index (κ1) is 16.3. The summed E-state index contributed by atoms with van der Waals surface area (Å²) in [5.74, 6) is -0.358. The van der Waals surface area contributed by atoms with Gasteiger partial charge in [-0.3, -0.25) is 9.59 Å². The van der Waals surface area contributed by atoms with Crippen molar-refractivity contribution in [3.8, 4) is 0 Å². The van der Waals surface area contributed by atoms with Gasteiger partial charge in [0, 0.05) is 12.1 Å². The molecule has 0 spiro atoms. The molecule has 1 aliphatic carbocycles. The van der Waals surface area contributed by atoms with E-state index in [4.69, 9.17) is 0 Å². The minimum absolute atomic E-state index is 0.103. The topological polar surface area (TPSA) is 58.2 Å². The van der Waals surface area contributed by atoms with Gasteiger partial charge in [0.15, 0.2) is 0 Å². The highest BCUT2D eigenvalue weighted by molar-refractivity contribution is 5.95. The van der Waals surface area contributed by atoms with E-state index in [1.807, 2.05) is 30.3 Å². The predicted octanol–water partition coefficient (Wildman–Crippen LogP) is 2.65. The summed E-state index contributed by atoms with van der Waals surface area (Å²) >= 11 is 0. The Morgan fingerprint density at radius 1 is 1.14 bits per heavy atom. The van der Waals surface area contributed by atoms with Crippen molar-refractivity contribution in [1.29, 1.82) is 0 Å². The lowest BCUT2D eigenvalue weighted by molar-refractivity contribution is -0.127. The fraction of sp³-hybridized carbons (Fsp3) is 0.444. The molecule has 0 radical (unpaired) electrons. The average molecular weight is 300 g/mol. The maximum atomic E-state index is 12.1. The van der Waals surface area contributed by atoms with Crippen LogP contribution in [0.2, 0.25) is 0 Å². The van der Waals surface area contributed by atoms with Gasteiger partial charge in [-0.2, -0.15) is 0 Å². The third kappa shape index (κ3) is 5.35. The molecule has 1 aromatic rings. The van der Waals surface area contributed by atoms with Crippen LogP contribution in [0.4, 0.5) is 0 Å². The smallest absolute Gasteiger partial charge is 0.244 e. The van der Waals surface area contributed by atoms with Gasteiger partial charge >= 0.3 is 0 Å². The van der Waals surface area contributed by atoms with Crippen LogP contribution in [0.5, 0.6) is 0 Å². The second-order valence-corrected chi connectivity index (χ2v) is 5.82. The molecule has 2 rings (SSSR count). The van der Waals surface area contributed by atoms with Crippen molar-refractivity contribution in [2.75, 3.05) is 0 Å².